The summed E-state index contributed by atoms with van der Waals surface area (Å²) >= 11 is 0. The van der Waals surface area contributed by atoms with Gasteiger partial charge in [-0.2, -0.15) is 5.10 Å². The van der Waals surface area contributed by atoms with Crippen LogP contribution in [0.25, 0.3) is 5.69 Å². The van der Waals surface area contributed by atoms with E-state index in [0.717, 1.165) is 43.3 Å². The Balaban J connectivity index is 0.00000280. The second-order valence-electron chi connectivity index (χ2n) is 6.52. The molecule has 0 spiro atoms. The van der Waals surface area contributed by atoms with E-state index in [1.165, 1.54) is 6.33 Å². The van der Waals surface area contributed by atoms with Gasteiger partial charge in [0, 0.05) is 32.1 Å². The summed E-state index contributed by atoms with van der Waals surface area (Å²) in [6, 6.07) is 8.34. The van der Waals surface area contributed by atoms with Crippen LogP contribution < -0.4 is 10.6 Å². The molecule has 1 aromatic heterocycles. The number of likely N-dealkylation sites (tertiary alicyclic amines) is 1. The molecule has 3 rings (SSSR count). The number of aliphatic imine (C=N–C) groups is 1. The summed E-state index contributed by atoms with van der Waals surface area (Å²) in [4.78, 5) is 22.4. The maximum absolute atomic E-state index is 11.8. The maximum atomic E-state index is 11.8. The second kappa shape index (κ2) is 11.0. The van der Waals surface area contributed by atoms with Crippen LogP contribution in [-0.2, 0) is 11.3 Å². The molecule has 1 amide bonds. The van der Waals surface area contributed by atoms with Crippen molar-refractivity contribution in [3.63, 3.8) is 0 Å². The number of amides is 1. The Labute approximate surface area is 182 Å². The summed E-state index contributed by atoms with van der Waals surface area (Å²) in [5.41, 5.74) is 2.09. The van der Waals surface area contributed by atoms with Crippen molar-refractivity contribution >= 4 is 35.8 Å². The van der Waals surface area contributed by atoms with Gasteiger partial charge in [-0.1, -0.05) is 19.1 Å². The maximum Gasteiger partial charge on any atom is 0.222 e. The molecule has 1 aliphatic rings. The molecule has 1 aromatic carbocycles. The lowest BCUT2D eigenvalue weighted by molar-refractivity contribution is -0.129. The highest BCUT2D eigenvalue weighted by Crippen LogP contribution is 2.11. The van der Waals surface area contributed by atoms with Crippen LogP contribution in [0.5, 0.6) is 0 Å². The van der Waals surface area contributed by atoms with Crippen LogP contribution in [0.3, 0.4) is 0 Å². The van der Waals surface area contributed by atoms with Crippen molar-refractivity contribution in [2.75, 3.05) is 19.6 Å². The molecule has 1 aliphatic heterocycles. The Kier molecular flexibility index (Phi) is 8.68. The number of rotatable bonds is 6. The molecular weight excluding hydrogens is 469 g/mol. The predicted octanol–water partition coefficient (Wildman–Crippen LogP) is 1.95. The second-order valence-corrected chi connectivity index (χ2v) is 6.52. The lowest BCUT2D eigenvalue weighted by Crippen LogP contribution is -2.45. The van der Waals surface area contributed by atoms with Crippen molar-refractivity contribution in [2.45, 2.75) is 39.3 Å². The average molecular weight is 497 g/mol. The Morgan fingerprint density at radius 2 is 2.07 bits per heavy atom. The minimum Gasteiger partial charge on any atom is -0.357 e. The number of hydrogen-bond acceptors (Lipinski definition) is 4. The summed E-state index contributed by atoms with van der Waals surface area (Å²) in [7, 11) is 0. The van der Waals surface area contributed by atoms with Gasteiger partial charge in [-0.05, 0) is 31.0 Å². The van der Waals surface area contributed by atoms with Crippen LogP contribution in [0.15, 0.2) is 41.9 Å². The predicted molar refractivity (Wildman–Crippen MR) is 120 cm³/mol. The van der Waals surface area contributed by atoms with E-state index in [0.29, 0.717) is 13.0 Å². The van der Waals surface area contributed by atoms with Crippen molar-refractivity contribution < 1.29 is 4.79 Å². The van der Waals surface area contributed by atoms with Gasteiger partial charge in [-0.25, -0.2) is 14.7 Å². The van der Waals surface area contributed by atoms with Crippen LogP contribution >= 0.6 is 24.0 Å². The molecule has 1 unspecified atom stereocenters. The molecule has 1 fully saturated rings. The highest BCUT2D eigenvalue weighted by Gasteiger charge is 2.25. The lowest BCUT2D eigenvalue weighted by Gasteiger charge is -2.18. The first-order valence-corrected chi connectivity index (χ1v) is 9.46. The number of benzene rings is 1. The fourth-order valence-electron chi connectivity index (χ4n) is 3.11. The van der Waals surface area contributed by atoms with Gasteiger partial charge in [0.25, 0.3) is 0 Å². The number of nitrogens with zero attached hydrogens (tertiary/aromatic N) is 5. The van der Waals surface area contributed by atoms with Gasteiger partial charge < -0.3 is 15.5 Å². The summed E-state index contributed by atoms with van der Waals surface area (Å²) < 4.78 is 1.72. The fourth-order valence-corrected chi connectivity index (χ4v) is 3.11. The molecule has 9 heteroatoms. The average Bonchev–Trinajstić information content (AvgIpc) is 3.38. The quantitative estimate of drug-likeness (QED) is 0.362. The molecular formula is C19H28IN7O. The minimum atomic E-state index is 0. The molecule has 2 heterocycles. The highest BCUT2D eigenvalue weighted by atomic mass is 127. The van der Waals surface area contributed by atoms with Crippen LogP contribution in [0, 0.1) is 0 Å². The molecule has 2 aromatic rings. The van der Waals surface area contributed by atoms with Gasteiger partial charge in [0.15, 0.2) is 5.96 Å². The molecule has 2 N–H and O–H groups in total. The van der Waals surface area contributed by atoms with Crippen molar-refractivity contribution in [3.8, 4) is 5.69 Å². The highest BCUT2D eigenvalue weighted by molar-refractivity contribution is 14.0. The molecule has 1 atom stereocenters. The van der Waals surface area contributed by atoms with E-state index in [2.05, 4.69) is 25.7 Å². The topological polar surface area (TPSA) is 87.4 Å². The van der Waals surface area contributed by atoms with Crippen LogP contribution in [0.4, 0.5) is 0 Å². The van der Waals surface area contributed by atoms with E-state index < -0.39 is 0 Å². The molecule has 0 radical (unpaired) electrons. The Morgan fingerprint density at radius 3 is 2.71 bits per heavy atom. The monoisotopic (exact) mass is 497 g/mol. The Hall–Kier alpha value is -2.17. The summed E-state index contributed by atoms with van der Waals surface area (Å²) in [6.07, 6.45) is 4.70. The number of nitrogens with one attached hydrogen (secondary N) is 2. The van der Waals surface area contributed by atoms with Gasteiger partial charge >= 0.3 is 0 Å². The third kappa shape index (κ3) is 5.91. The molecule has 152 valence electrons. The number of carbonyl (C=O) groups is 1. The van der Waals surface area contributed by atoms with Gasteiger partial charge in [0.2, 0.25) is 5.91 Å². The third-order valence-corrected chi connectivity index (χ3v) is 4.57. The Morgan fingerprint density at radius 1 is 1.29 bits per heavy atom. The zero-order chi connectivity index (χ0) is 19.1. The molecule has 0 aliphatic carbocycles. The van der Waals surface area contributed by atoms with Crippen molar-refractivity contribution in [2.24, 2.45) is 4.99 Å². The fraction of sp³-hybridized carbons (Fsp3) is 0.474. The van der Waals surface area contributed by atoms with E-state index in [1.807, 2.05) is 43.0 Å². The molecule has 8 nitrogen and oxygen atoms in total. The summed E-state index contributed by atoms with van der Waals surface area (Å²) in [6.45, 7) is 6.88. The SMILES string of the molecule is CCNC(=NCc1ccc(-n2cncn2)cc1)NC1CCN(C(=O)CC)C1.I. The van der Waals surface area contributed by atoms with E-state index in [1.54, 1.807) is 11.0 Å². The van der Waals surface area contributed by atoms with Crippen molar-refractivity contribution in [1.82, 2.24) is 30.3 Å². The van der Waals surface area contributed by atoms with Crippen LogP contribution in [0.1, 0.15) is 32.3 Å². The first-order valence-electron chi connectivity index (χ1n) is 9.46. The first-order chi connectivity index (χ1) is 13.2. The van der Waals surface area contributed by atoms with Crippen LogP contribution in [0.2, 0.25) is 0 Å². The largest absolute Gasteiger partial charge is 0.357 e. The first kappa shape index (κ1) is 22.1. The normalized spacial score (nSPS) is 16.6. The molecule has 0 bridgehead atoms. The van der Waals surface area contributed by atoms with Gasteiger partial charge in [0.1, 0.15) is 12.7 Å². The molecule has 1 saturated heterocycles. The Bertz CT molecular complexity index is 761. The standard InChI is InChI=1S/C19H27N7O.HI/c1-3-18(27)25-10-9-16(12-25)24-19(21-4-2)22-11-15-5-7-17(8-6-15)26-14-20-13-23-26;/h5-8,13-14,16H,3-4,9-12H2,1-2H3,(H2,21,22,24);1H. The van der Waals surface area contributed by atoms with E-state index in [-0.39, 0.29) is 35.9 Å². The van der Waals surface area contributed by atoms with Gasteiger partial charge in [-0.3, -0.25) is 4.79 Å². The summed E-state index contributed by atoms with van der Waals surface area (Å²) in [5.74, 6) is 1.00. The number of aromatic nitrogens is 3. The zero-order valence-electron chi connectivity index (χ0n) is 16.3. The number of carbonyl (C=O) groups excluding carboxylic acids is 1. The number of guanidine groups is 1. The molecule has 28 heavy (non-hydrogen) atoms. The number of hydrogen-bond donors (Lipinski definition) is 2. The van der Waals surface area contributed by atoms with E-state index >= 15 is 0 Å². The van der Waals surface area contributed by atoms with Crippen LogP contribution in [-0.4, -0.2) is 57.2 Å². The van der Waals surface area contributed by atoms with E-state index in [4.69, 9.17) is 0 Å². The minimum absolute atomic E-state index is 0. The lowest BCUT2D eigenvalue weighted by atomic mass is 10.2. The summed E-state index contributed by atoms with van der Waals surface area (Å²) in [5, 5.41) is 10.9. The van der Waals surface area contributed by atoms with Gasteiger partial charge in [-0.15, -0.1) is 24.0 Å². The molecule has 0 saturated carbocycles. The third-order valence-electron chi connectivity index (χ3n) is 4.57. The van der Waals surface area contributed by atoms with Crippen molar-refractivity contribution in [3.05, 3.63) is 42.5 Å². The van der Waals surface area contributed by atoms with E-state index in [9.17, 15) is 4.79 Å². The van der Waals surface area contributed by atoms with Crippen molar-refractivity contribution in [1.29, 1.82) is 0 Å². The smallest absolute Gasteiger partial charge is 0.222 e. The van der Waals surface area contributed by atoms with Gasteiger partial charge in [0.05, 0.1) is 12.2 Å². The number of halogens is 1. The zero-order valence-corrected chi connectivity index (χ0v) is 18.7.